The van der Waals surface area contributed by atoms with Gasteiger partial charge in [-0.1, -0.05) is 5.92 Å². The summed E-state index contributed by atoms with van der Waals surface area (Å²) in [4.78, 5) is 10.4. The Morgan fingerprint density at radius 3 is 3.15 bits per heavy atom. The van der Waals surface area contributed by atoms with Crippen LogP contribution in [0.4, 0.5) is 0 Å². The third-order valence-corrected chi connectivity index (χ3v) is 1.31. The van der Waals surface area contributed by atoms with Gasteiger partial charge in [0.1, 0.15) is 0 Å². The largest absolute Gasteiger partial charge is 0.479 e. The molecule has 13 heavy (non-hydrogen) atoms. The second kappa shape index (κ2) is 4.16. The summed E-state index contributed by atoms with van der Waals surface area (Å²) in [5.74, 6) is 1.57. The third-order valence-electron chi connectivity index (χ3n) is 1.31. The summed E-state index contributed by atoms with van der Waals surface area (Å²) in [5, 5.41) is 12.2. The van der Waals surface area contributed by atoms with Crippen LogP contribution < -0.4 is 5.43 Å². The van der Waals surface area contributed by atoms with Crippen molar-refractivity contribution >= 4 is 11.9 Å². The molecule has 0 spiro atoms. The van der Waals surface area contributed by atoms with Crippen LogP contribution in [0.1, 0.15) is 0 Å². The lowest BCUT2D eigenvalue weighted by atomic mass is 10.2. The number of carbonyl (C=O) groups is 1. The van der Waals surface area contributed by atoms with E-state index in [4.69, 9.17) is 16.3 Å². The lowest BCUT2D eigenvalue weighted by molar-refractivity contribution is -0.138. The van der Waals surface area contributed by atoms with Crippen molar-refractivity contribution in [1.29, 1.82) is 0 Å². The molecule has 2 N–H and O–H groups in total. The van der Waals surface area contributed by atoms with Gasteiger partial charge < -0.3 is 9.84 Å². The SMILES string of the molecule is C#CCOC1=NNC(C(=O)O)C=C1. The minimum Gasteiger partial charge on any atom is -0.479 e. The fourth-order valence-electron chi connectivity index (χ4n) is 0.726. The maximum absolute atomic E-state index is 10.4. The molecule has 68 valence electrons. The van der Waals surface area contributed by atoms with Gasteiger partial charge in [-0.2, -0.15) is 0 Å². The number of carboxylic acid groups (broad SMARTS) is 1. The van der Waals surface area contributed by atoms with Gasteiger partial charge in [-0.25, -0.2) is 4.79 Å². The van der Waals surface area contributed by atoms with Crippen LogP contribution in [-0.2, 0) is 9.53 Å². The Bertz CT molecular complexity index is 301. The smallest absolute Gasteiger partial charge is 0.331 e. The van der Waals surface area contributed by atoms with Crippen molar-refractivity contribution in [1.82, 2.24) is 5.43 Å². The summed E-state index contributed by atoms with van der Waals surface area (Å²) in [5.41, 5.74) is 2.39. The Kier molecular flexibility index (Phi) is 2.92. The topological polar surface area (TPSA) is 70.9 Å². The fourth-order valence-corrected chi connectivity index (χ4v) is 0.726. The van der Waals surface area contributed by atoms with Crippen LogP contribution in [0.3, 0.4) is 0 Å². The van der Waals surface area contributed by atoms with Gasteiger partial charge in [0, 0.05) is 6.08 Å². The highest BCUT2D eigenvalue weighted by atomic mass is 16.5. The molecule has 5 nitrogen and oxygen atoms in total. The Morgan fingerprint density at radius 2 is 2.69 bits per heavy atom. The summed E-state index contributed by atoms with van der Waals surface area (Å²) in [6.45, 7) is 0.114. The van der Waals surface area contributed by atoms with Crippen molar-refractivity contribution < 1.29 is 14.6 Å². The van der Waals surface area contributed by atoms with E-state index in [1.807, 2.05) is 0 Å². The molecule has 1 aliphatic rings. The van der Waals surface area contributed by atoms with Gasteiger partial charge in [0.2, 0.25) is 5.90 Å². The average Bonchev–Trinajstić information content (AvgIpc) is 2.15. The van der Waals surface area contributed by atoms with Crippen LogP contribution in [-0.4, -0.2) is 29.6 Å². The summed E-state index contributed by atoms with van der Waals surface area (Å²) in [6, 6.07) is -0.793. The van der Waals surface area contributed by atoms with Gasteiger partial charge in [-0.3, -0.25) is 5.43 Å². The fraction of sp³-hybridized carbons (Fsp3) is 0.250. The van der Waals surface area contributed by atoms with Gasteiger partial charge in [0.25, 0.3) is 0 Å². The molecule has 1 heterocycles. The van der Waals surface area contributed by atoms with Crippen LogP contribution in [0.5, 0.6) is 0 Å². The van der Waals surface area contributed by atoms with E-state index in [2.05, 4.69) is 16.4 Å². The second-order valence-electron chi connectivity index (χ2n) is 2.25. The number of carboxylic acids is 1. The first-order chi connectivity index (χ1) is 6.24. The first-order valence-corrected chi connectivity index (χ1v) is 3.54. The van der Waals surface area contributed by atoms with Crippen molar-refractivity contribution in [2.75, 3.05) is 6.61 Å². The quantitative estimate of drug-likeness (QED) is 0.565. The normalized spacial score (nSPS) is 19.6. The Balaban J connectivity index is 2.46. The number of hydrazone groups is 1. The van der Waals surface area contributed by atoms with Crippen molar-refractivity contribution in [2.45, 2.75) is 6.04 Å². The van der Waals surface area contributed by atoms with Crippen LogP contribution in [0.15, 0.2) is 17.3 Å². The molecule has 1 unspecified atom stereocenters. The van der Waals surface area contributed by atoms with Gasteiger partial charge in [0.15, 0.2) is 12.6 Å². The van der Waals surface area contributed by atoms with Crippen molar-refractivity contribution in [3.63, 3.8) is 0 Å². The first kappa shape index (κ1) is 9.13. The predicted molar refractivity (Wildman–Crippen MR) is 45.9 cm³/mol. The molecule has 0 saturated heterocycles. The summed E-state index contributed by atoms with van der Waals surface area (Å²) in [7, 11) is 0. The van der Waals surface area contributed by atoms with E-state index in [-0.39, 0.29) is 12.5 Å². The molecule has 0 radical (unpaired) electrons. The lowest BCUT2D eigenvalue weighted by Crippen LogP contribution is -2.34. The zero-order valence-electron chi connectivity index (χ0n) is 6.73. The van der Waals surface area contributed by atoms with Gasteiger partial charge in [0.05, 0.1) is 0 Å². The van der Waals surface area contributed by atoms with E-state index in [0.717, 1.165) is 0 Å². The third kappa shape index (κ3) is 2.52. The lowest BCUT2D eigenvalue weighted by Gasteiger charge is -2.12. The highest BCUT2D eigenvalue weighted by molar-refractivity contribution is 5.90. The van der Waals surface area contributed by atoms with E-state index in [1.165, 1.54) is 12.2 Å². The maximum atomic E-state index is 10.4. The van der Waals surface area contributed by atoms with E-state index < -0.39 is 12.0 Å². The first-order valence-electron chi connectivity index (χ1n) is 3.54. The zero-order valence-corrected chi connectivity index (χ0v) is 6.73. The van der Waals surface area contributed by atoms with E-state index in [1.54, 1.807) is 0 Å². The van der Waals surface area contributed by atoms with Crippen molar-refractivity contribution in [3.8, 4) is 12.3 Å². The number of hydrogen-bond donors (Lipinski definition) is 2. The number of nitrogens with one attached hydrogen (secondary N) is 1. The minimum atomic E-state index is -0.990. The van der Waals surface area contributed by atoms with Crippen LogP contribution in [0.25, 0.3) is 0 Å². The molecule has 0 saturated carbocycles. The van der Waals surface area contributed by atoms with Crippen LogP contribution in [0, 0.1) is 12.3 Å². The Morgan fingerprint density at radius 1 is 1.92 bits per heavy atom. The Labute approximate surface area is 75.1 Å². The number of terminal acetylenes is 1. The molecule has 5 heteroatoms. The Hall–Kier alpha value is -1.96. The van der Waals surface area contributed by atoms with Gasteiger partial charge >= 0.3 is 5.97 Å². The molecular weight excluding hydrogens is 172 g/mol. The molecule has 0 fully saturated rings. The van der Waals surface area contributed by atoms with Crippen LogP contribution >= 0.6 is 0 Å². The van der Waals surface area contributed by atoms with Crippen molar-refractivity contribution in [2.24, 2.45) is 5.10 Å². The standard InChI is InChI=1S/C8H8N2O3/c1-2-5-13-7-4-3-6(8(11)12)9-10-7/h1,3-4,6,9H,5H2,(H,11,12). The van der Waals surface area contributed by atoms with E-state index >= 15 is 0 Å². The number of hydrogen-bond acceptors (Lipinski definition) is 4. The monoisotopic (exact) mass is 180 g/mol. The highest BCUT2D eigenvalue weighted by Gasteiger charge is 2.16. The molecule has 1 aliphatic heterocycles. The average molecular weight is 180 g/mol. The molecule has 0 bridgehead atoms. The van der Waals surface area contributed by atoms with Crippen LogP contribution in [0.2, 0.25) is 0 Å². The molecule has 0 aromatic heterocycles. The van der Waals surface area contributed by atoms with Gasteiger partial charge in [-0.05, 0) is 6.08 Å². The number of nitrogens with zero attached hydrogens (tertiary/aromatic N) is 1. The predicted octanol–water partition coefficient (Wildman–Crippen LogP) is -0.438. The number of rotatable bonds is 2. The maximum Gasteiger partial charge on any atom is 0.331 e. The number of ether oxygens (including phenoxy) is 1. The summed E-state index contributed by atoms with van der Waals surface area (Å²) >= 11 is 0. The molecule has 0 aromatic rings. The summed E-state index contributed by atoms with van der Waals surface area (Å²) in [6.07, 6.45) is 7.85. The molecule has 0 amide bonds. The summed E-state index contributed by atoms with van der Waals surface area (Å²) < 4.78 is 4.93. The molecule has 0 aliphatic carbocycles. The molecule has 1 rings (SSSR count). The zero-order chi connectivity index (χ0) is 9.68. The molecule has 1 atom stereocenters. The minimum absolute atomic E-state index is 0.114. The van der Waals surface area contributed by atoms with E-state index in [9.17, 15) is 4.79 Å². The second-order valence-corrected chi connectivity index (χ2v) is 2.25. The highest BCUT2D eigenvalue weighted by Crippen LogP contribution is 1.97. The van der Waals surface area contributed by atoms with Crippen molar-refractivity contribution in [3.05, 3.63) is 12.2 Å². The molecule has 0 aromatic carbocycles. The van der Waals surface area contributed by atoms with Gasteiger partial charge in [-0.15, -0.1) is 11.5 Å². The number of aliphatic carboxylic acids is 1. The molecular formula is C8H8N2O3. The van der Waals surface area contributed by atoms with E-state index in [0.29, 0.717) is 0 Å².